The van der Waals surface area contributed by atoms with E-state index in [-0.39, 0.29) is 11.3 Å². The summed E-state index contributed by atoms with van der Waals surface area (Å²) in [5.74, 6) is -1.59. The lowest BCUT2D eigenvalue weighted by Gasteiger charge is -2.22. The van der Waals surface area contributed by atoms with Crippen molar-refractivity contribution in [1.29, 1.82) is 0 Å². The van der Waals surface area contributed by atoms with Gasteiger partial charge < -0.3 is 5.11 Å². The third-order valence-electron chi connectivity index (χ3n) is 5.91. The molecule has 1 aromatic heterocycles. The minimum atomic E-state index is -0.769. The average Bonchev–Trinajstić information content (AvgIpc) is 3.33. The highest BCUT2D eigenvalue weighted by atomic mass is 32.1. The zero-order valence-electron chi connectivity index (χ0n) is 18.5. The highest BCUT2D eigenvalue weighted by Gasteiger charge is 2.48. The van der Waals surface area contributed by atoms with E-state index >= 15 is 0 Å². The molecule has 1 saturated heterocycles. The minimum absolute atomic E-state index is 0.0715. The normalized spacial score (nSPS) is 17.8. The van der Waals surface area contributed by atoms with Crippen LogP contribution in [0.4, 0.5) is 5.13 Å². The smallest absolute Gasteiger partial charge is 0.301 e. The van der Waals surface area contributed by atoms with Crippen LogP contribution in [0.1, 0.15) is 33.9 Å². The van der Waals surface area contributed by atoms with Crippen molar-refractivity contribution in [2.75, 3.05) is 4.90 Å². The van der Waals surface area contributed by atoms with Gasteiger partial charge in [0.05, 0.1) is 21.8 Å². The van der Waals surface area contributed by atoms with Gasteiger partial charge in [0.25, 0.3) is 5.78 Å². The molecule has 0 saturated carbocycles. The summed E-state index contributed by atoms with van der Waals surface area (Å²) in [7, 11) is 0. The fourth-order valence-electron chi connectivity index (χ4n) is 4.31. The lowest BCUT2D eigenvalue weighted by atomic mass is 9.95. The van der Waals surface area contributed by atoms with Gasteiger partial charge in [0.2, 0.25) is 0 Å². The van der Waals surface area contributed by atoms with Crippen LogP contribution in [0.2, 0.25) is 0 Å². The van der Waals surface area contributed by atoms with Gasteiger partial charge in [-0.1, -0.05) is 77.6 Å². The highest BCUT2D eigenvalue weighted by molar-refractivity contribution is 7.22. The maximum atomic E-state index is 13.3. The molecule has 0 spiro atoms. The van der Waals surface area contributed by atoms with E-state index < -0.39 is 17.7 Å². The molecule has 1 aliphatic rings. The van der Waals surface area contributed by atoms with Crippen molar-refractivity contribution >= 4 is 44.1 Å². The first-order valence-corrected chi connectivity index (χ1v) is 11.5. The van der Waals surface area contributed by atoms with Crippen molar-refractivity contribution in [3.63, 3.8) is 0 Å². The van der Waals surface area contributed by atoms with Gasteiger partial charge >= 0.3 is 5.91 Å². The van der Waals surface area contributed by atoms with Crippen molar-refractivity contribution in [2.45, 2.75) is 26.8 Å². The highest BCUT2D eigenvalue weighted by Crippen LogP contribution is 2.44. The van der Waals surface area contributed by atoms with Crippen molar-refractivity contribution < 1.29 is 14.7 Å². The predicted octanol–water partition coefficient (Wildman–Crippen LogP) is 5.85. The minimum Gasteiger partial charge on any atom is -0.507 e. The molecular weight excluding hydrogens is 432 g/mol. The molecule has 1 amide bonds. The van der Waals surface area contributed by atoms with E-state index in [9.17, 15) is 14.7 Å². The molecule has 0 radical (unpaired) electrons. The number of carbonyl (C=O) groups is 2. The zero-order valence-corrected chi connectivity index (χ0v) is 19.3. The van der Waals surface area contributed by atoms with Crippen LogP contribution in [-0.4, -0.2) is 21.8 Å². The Kier molecular flexibility index (Phi) is 5.10. The van der Waals surface area contributed by atoms with Crippen LogP contribution in [0.3, 0.4) is 0 Å². The van der Waals surface area contributed by atoms with Crippen LogP contribution in [0, 0.1) is 20.8 Å². The Morgan fingerprint density at radius 3 is 2.33 bits per heavy atom. The molecule has 164 valence electrons. The Hall–Kier alpha value is -3.77. The first-order chi connectivity index (χ1) is 15.8. The van der Waals surface area contributed by atoms with E-state index in [1.54, 1.807) is 12.1 Å². The van der Waals surface area contributed by atoms with Crippen molar-refractivity contribution in [2.24, 2.45) is 0 Å². The molecule has 0 aliphatic carbocycles. The molecule has 0 bridgehead atoms. The number of Topliss-reactive ketones (excluding diaryl/α,β-unsaturated/α-hetero) is 1. The standard InChI is InChI=1S/C27H22N2O3S/c1-15-9-11-19(12-10-15)24(30)21-23(18-7-5-4-6-8-18)29(26(32)25(21)31)27-28-22-17(3)13-16(2)14-20(22)33-27/h4-14,23,30H,1-3H3. The number of aliphatic hydroxyl groups excluding tert-OH is 1. The van der Waals surface area contributed by atoms with Crippen LogP contribution in [-0.2, 0) is 9.59 Å². The van der Waals surface area contributed by atoms with Crippen LogP contribution < -0.4 is 4.90 Å². The number of nitrogens with zero attached hydrogens (tertiary/aromatic N) is 2. The second-order valence-corrected chi connectivity index (χ2v) is 9.38. The van der Waals surface area contributed by atoms with Crippen LogP contribution in [0.15, 0.2) is 72.3 Å². The second-order valence-electron chi connectivity index (χ2n) is 8.37. The number of fused-ring (bicyclic) bond motifs is 1. The number of hydrogen-bond donors (Lipinski definition) is 1. The summed E-state index contributed by atoms with van der Waals surface area (Å²) in [6.07, 6.45) is 0. The quantitative estimate of drug-likeness (QED) is 0.240. The number of aromatic nitrogens is 1. The number of carbonyl (C=O) groups excluding carboxylic acids is 2. The van der Waals surface area contributed by atoms with Gasteiger partial charge in [-0.15, -0.1) is 0 Å². The number of rotatable bonds is 3. The number of amides is 1. The van der Waals surface area contributed by atoms with Crippen molar-refractivity contribution in [1.82, 2.24) is 4.98 Å². The Bertz CT molecular complexity index is 1440. The number of thiazole rings is 1. The Morgan fingerprint density at radius 1 is 0.939 bits per heavy atom. The van der Waals surface area contributed by atoms with Gasteiger partial charge in [-0.2, -0.15) is 0 Å². The van der Waals surface area contributed by atoms with Gasteiger partial charge in [0, 0.05) is 5.56 Å². The summed E-state index contributed by atoms with van der Waals surface area (Å²) < 4.78 is 0.953. The molecule has 1 N–H and O–H groups in total. The maximum absolute atomic E-state index is 13.3. The van der Waals surface area contributed by atoms with Gasteiger partial charge in [0.15, 0.2) is 5.13 Å². The van der Waals surface area contributed by atoms with E-state index in [0.29, 0.717) is 10.7 Å². The third-order valence-corrected chi connectivity index (χ3v) is 6.91. The largest absolute Gasteiger partial charge is 0.507 e. The van der Waals surface area contributed by atoms with Crippen molar-refractivity contribution in [3.8, 4) is 0 Å². The van der Waals surface area contributed by atoms with E-state index in [2.05, 4.69) is 0 Å². The van der Waals surface area contributed by atoms with E-state index in [0.717, 1.165) is 32.5 Å². The molecule has 1 fully saturated rings. The van der Waals surface area contributed by atoms with Crippen LogP contribution in [0.25, 0.3) is 16.0 Å². The Labute approximate surface area is 195 Å². The van der Waals surface area contributed by atoms with E-state index in [4.69, 9.17) is 4.98 Å². The molecule has 1 atom stereocenters. The Balaban J connectivity index is 1.73. The SMILES string of the molecule is Cc1ccc(C(O)=C2C(=O)C(=O)N(c3nc4c(C)cc(C)cc4s3)C2c2ccccc2)cc1. The molecule has 4 aromatic rings. The topological polar surface area (TPSA) is 70.5 Å². The van der Waals surface area contributed by atoms with E-state index in [1.807, 2.05) is 75.4 Å². The van der Waals surface area contributed by atoms with Gasteiger partial charge in [-0.3, -0.25) is 14.5 Å². The number of benzene rings is 3. The fraction of sp³-hybridized carbons (Fsp3) is 0.148. The van der Waals surface area contributed by atoms with Gasteiger partial charge in [-0.05, 0) is 43.5 Å². The summed E-state index contributed by atoms with van der Waals surface area (Å²) in [5, 5.41) is 11.6. The summed E-state index contributed by atoms with van der Waals surface area (Å²) in [4.78, 5) is 32.7. The number of anilines is 1. The lowest BCUT2D eigenvalue weighted by Crippen LogP contribution is -2.29. The summed E-state index contributed by atoms with van der Waals surface area (Å²) in [5.41, 5.74) is 5.27. The molecule has 1 unspecified atom stereocenters. The first-order valence-electron chi connectivity index (χ1n) is 10.7. The van der Waals surface area contributed by atoms with Crippen molar-refractivity contribution in [3.05, 3.63) is 100 Å². The van der Waals surface area contributed by atoms with Gasteiger partial charge in [-0.25, -0.2) is 4.98 Å². The van der Waals surface area contributed by atoms with Gasteiger partial charge in [0.1, 0.15) is 5.76 Å². The number of ketones is 1. The van der Waals surface area contributed by atoms with Crippen LogP contribution in [0.5, 0.6) is 0 Å². The monoisotopic (exact) mass is 454 g/mol. The molecule has 6 heteroatoms. The summed E-state index contributed by atoms with van der Waals surface area (Å²) >= 11 is 1.38. The summed E-state index contributed by atoms with van der Waals surface area (Å²) in [6, 6.07) is 19.8. The lowest BCUT2D eigenvalue weighted by molar-refractivity contribution is -0.132. The first kappa shape index (κ1) is 21.1. The molecule has 1 aliphatic heterocycles. The molecule has 2 heterocycles. The number of aryl methyl sites for hydroxylation is 3. The zero-order chi connectivity index (χ0) is 23.3. The number of hydrogen-bond acceptors (Lipinski definition) is 5. The molecule has 5 rings (SSSR count). The maximum Gasteiger partial charge on any atom is 0.301 e. The second kappa shape index (κ2) is 7.98. The molecular formula is C27H22N2O3S. The third kappa shape index (κ3) is 3.52. The average molecular weight is 455 g/mol. The number of aliphatic hydroxyl groups is 1. The fourth-order valence-corrected chi connectivity index (χ4v) is 5.48. The molecule has 33 heavy (non-hydrogen) atoms. The molecule has 3 aromatic carbocycles. The van der Waals surface area contributed by atoms with E-state index in [1.165, 1.54) is 16.2 Å². The van der Waals surface area contributed by atoms with Crippen LogP contribution >= 0.6 is 11.3 Å². The Morgan fingerprint density at radius 2 is 1.64 bits per heavy atom. The predicted molar refractivity (Wildman–Crippen MR) is 131 cm³/mol. The molecule has 5 nitrogen and oxygen atoms in total. The summed E-state index contributed by atoms with van der Waals surface area (Å²) in [6.45, 7) is 5.95.